The van der Waals surface area contributed by atoms with Crippen LogP contribution in [-0.2, 0) is 0 Å². The lowest BCUT2D eigenvalue weighted by Gasteiger charge is -2.15. The molecule has 1 aliphatic heterocycles. The Labute approximate surface area is 120 Å². The summed E-state index contributed by atoms with van der Waals surface area (Å²) in [6.45, 7) is 12.3. The third-order valence-corrected chi connectivity index (χ3v) is 3.91. The second-order valence-corrected chi connectivity index (χ2v) is 5.63. The van der Waals surface area contributed by atoms with Crippen molar-refractivity contribution in [3.63, 3.8) is 0 Å². The minimum atomic E-state index is 0.204. The van der Waals surface area contributed by atoms with Crippen LogP contribution in [0.15, 0.2) is 17.2 Å². The number of hydrogen-bond donors (Lipinski definition) is 1. The fourth-order valence-electron chi connectivity index (χ4n) is 2.19. The molecule has 0 spiro atoms. The molecule has 0 radical (unpaired) electrons. The van der Waals surface area contributed by atoms with Gasteiger partial charge in [0.05, 0.1) is 5.56 Å². The highest BCUT2D eigenvalue weighted by molar-refractivity contribution is 5.85. The van der Waals surface area contributed by atoms with Gasteiger partial charge in [-0.25, -0.2) is 0 Å². The average molecular weight is 274 g/mol. The van der Waals surface area contributed by atoms with Gasteiger partial charge in [0, 0.05) is 5.56 Å². The third kappa shape index (κ3) is 2.28. The minimum absolute atomic E-state index is 0.204. The monoisotopic (exact) mass is 274 g/mol. The molecule has 108 valence electrons. The number of allylic oxidation sites excluding steroid dienone is 4. The van der Waals surface area contributed by atoms with E-state index in [1.807, 2.05) is 47.6 Å². The van der Waals surface area contributed by atoms with E-state index in [0.717, 1.165) is 27.8 Å². The topological polar surface area (TPSA) is 38.7 Å². The van der Waals surface area contributed by atoms with E-state index in [1.165, 1.54) is 5.57 Å². The number of phenolic OH excluding ortho intramolecular Hbond substituents is 1. The molecule has 0 bridgehead atoms. The fraction of sp³-hybridized carbons (Fsp3) is 0.412. The molecule has 1 heterocycles. The van der Waals surface area contributed by atoms with Gasteiger partial charge in [-0.15, -0.1) is 0 Å². The summed E-state index contributed by atoms with van der Waals surface area (Å²) in [7, 11) is 0. The van der Waals surface area contributed by atoms with Gasteiger partial charge in [0.2, 0.25) is 6.79 Å². The SMILES string of the molecule is CC(C)=C(C)c1cc2c(c(C(C)=C(C)C)c1O)OCO2. The van der Waals surface area contributed by atoms with Crippen molar-refractivity contribution in [3.8, 4) is 17.2 Å². The van der Waals surface area contributed by atoms with Gasteiger partial charge in [-0.1, -0.05) is 11.1 Å². The predicted molar refractivity (Wildman–Crippen MR) is 82.1 cm³/mol. The van der Waals surface area contributed by atoms with Crippen LogP contribution in [0.2, 0.25) is 0 Å². The van der Waals surface area contributed by atoms with Crippen LogP contribution in [0.3, 0.4) is 0 Å². The number of fused-ring (bicyclic) bond motifs is 1. The second-order valence-electron chi connectivity index (χ2n) is 5.63. The maximum atomic E-state index is 10.7. The normalized spacial score (nSPS) is 12.3. The molecule has 0 atom stereocenters. The van der Waals surface area contributed by atoms with Crippen LogP contribution in [0.5, 0.6) is 17.2 Å². The van der Waals surface area contributed by atoms with Crippen molar-refractivity contribution in [2.75, 3.05) is 6.79 Å². The summed E-state index contributed by atoms with van der Waals surface area (Å²) in [5.41, 5.74) is 5.95. The molecule has 0 saturated carbocycles. The summed E-state index contributed by atoms with van der Waals surface area (Å²) in [5, 5.41) is 10.7. The van der Waals surface area contributed by atoms with Gasteiger partial charge in [0.15, 0.2) is 11.5 Å². The van der Waals surface area contributed by atoms with E-state index >= 15 is 0 Å². The van der Waals surface area contributed by atoms with Crippen molar-refractivity contribution in [1.29, 1.82) is 0 Å². The summed E-state index contributed by atoms with van der Waals surface area (Å²) in [5.74, 6) is 1.62. The molecule has 3 heteroatoms. The zero-order valence-corrected chi connectivity index (χ0v) is 13.0. The van der Waals surface area contributed by atoms with Crippen LogP contribution in [-0.4, -0.2) is 11.9 Å². The molecule has 2 rings (SSSR count). The van der Waals surface area contributed by atoms with Gasteiger partial charge in [0.1, 0.15) is 5.75 Å². The van der Waals surface area contributed by atoms with Gasteiger partial charge in [0.25, 0.3) is 0 Å². The first kappa shape index (κ1) is 14.5. The molecule has 1 aromatic carbocycles. The molecule has 0 aliphatic carbocycles. The molecule has 0 amide bonds. The van der Waals surface area contributed by atoms with E-state index in [0.29, 0.717) is 11.5 Å². The number of ether oxygens (including phenoxy) is 2. The van der Waals surface area contributed by atoms with E-state index in [9.17, 15) is 5.11 Å². The maximum absolute atomic E-state index is 10.7. The van der Waals surface area contributed by atoms with Crippen LogP contribution in [0.25, 0.3) is 11.1 Å². The van der Waals surface area contributed by atoms with Gasteiger partial charge < -0.3 is 14.6 Å². The Kier molecular flexibility index (Phi) is 3.80. The minimum Gasteiger partial charge on any atom is -0.507 e. The molecule has 1 N–H and O–H groups in total. The number of benzene rings is 1. The Morgan fingerprint density at radius 1 is 0.950 bits per heavy atom. The van der Waals surface area contributed by atoms with Crippen molar-refractivity contribution in [1.82, 2.24) is 0 Å². The first-order chi connectivity index (χ1) is 9.34. The van der Waals surface area contributed by atoms with Crippen LogP contribution in [0.4, 0.5) is 0 Å². The molecule has 0 unspecified atom stereocenters. The highest BCUT2D eigenvalue weighted by Gasteiger charge is 2.26. The van der Waals surface area contributed by atoms with Gasteiger partial charge in [-0.3, -0.25) is 0 Å². The van der Waals surface area contributed by atoms with Crippen LogP contribution in [0.1, 0.15) is 52.7 Å². The Balaban J connectivity index is 2.81. The molecule has 20 heavy (non-hydrogen) atoms. The lowest BCUT2D eigenvalue weighted by Crippen LogP contribution is -1.95. The lowest BCUT2D eigenvalue weighted by molar-refractivity contribution is 0.173. The number of aromatic hydroxyl groups is 1. The van der Waals surface area contributed by atoms with E-state index < -0.39 is 0 Å². The first-order valence-corrected chi connectivity index (χ1v) is 6.79. The van der Waals surface area contributed by atoms with Gasteiger partial charge in [-0.2, -0.15) is 0 Å². The van der Waals surface area contributed by atoms with E-state index in [-0.39, 0.29) is 12.5 Å². The molecule has 0 aromatic heterocycles. The average Bonchev–Trinajstić information content (AvgIpc) is 2.83. The number of rotatable bonds is 2. The highest BCUT2D eigenvalue weighted by atomic mass is 16.7. The summed E-state index contributed by atoms with van der Waals surface area (Å²) in [6, 6.07) is 1.86. The molecule has 1 aromatic rings. The number of hydrogen-bond acceptors (Lipinski definition) is 3. The first-order valence-electron chi connectivity index (χ1n) is 6.79. The predicted octanol–water partition coefficient (Wildman–Crippen LogP) is 4.75. The van der Waals surface area contributed by atoms with Crippen LogP contribution in [0, 0.1) is 0 Å². The summed E-state index contributed by atoms with van der Waals surface area (Å²) >= 11 is 0. The van der Waals surface area contributed by atoms with E-state index in [1.54, 1.807) is 0 Å². The molecular formula is C17H22O3. The van der Waals surface area contributed by atoms with Crippen molar-refractivity contribution in [3.05, 3.63) is 28.3 Å². The number of phenols is 1. The summed E-state index contributed by atoms with van der Waals surface area (Å²) < 4.78 is 11.1. The lowest BCUT2D eigenvalue weighted by atomic mass is 9.93. The largest absolute Gasteiger partial charge is 0.507 e. The summed E-state index contributed by atoms with van der Waals surface area (Å²) in [6.07, 6.45) is 0. The molecule has 0 fully saturated rings. The third-order valence-electron chi connectivity index (χ3n) is 3.91. The van der Waals surface area contributed by atoms with Crippen molar-refractivity contribution < 1.29 is 14.6 Å². The Bertz CT molecular complexity index is 614. The maximum Gasteiger partial charge on any atom is 0.231 e. The molecular weight excluding hydrogens is 252 g/mol. The molecule has 0 saturated heterocycles. The molecule has 1 aliphatic rings. The highest BCUT2D eigenvalue weighted by Crippen LogP contribution is 2.48. The Morgan fingerprint density at radius 3 is 2.10 bits per heavy atom. The zero-order valence-electron chi connectivity index (χ0n) is 13.0. The fourth-order valence-corrected chi connectivity index (χ4v) is 2.19. The quantitative estimate of drug-likeness (QED) is 0.846. The smallest absolute Gasteiger partial charge is 0.231 e. The van der Waals surface area contributed by atoms with E-state index in [4.69, 9.17) is 9.47 Å². The van der Waals surface area contributed by atoms with Gasteiger partial charge in [-0.05, 0) is 58.8 Å². The Morgan fingerprint density at radius 2 is 1.55 bits per heavy atom. The van der Waals surface area contributed by atoms with Crippen LogP contribution < -0.4 is 9.47 Å². The van der Waals surface area contributed by atoms with Crippen molar-refractivity contribution >= 4 is 11.1 Å². The van der Waals surface area contributed by atoms with Crippen LogP contribution >= 0.6 is 0 Å². The van der Waals surface area contributed by atoms with Gasteiger partial charge >= 0.3 is 0 Å². The Hall–Kier alpha value is -1.90. The molecule has 3 nitrogen and oxygen atoms in total. The summed E-state index contributed by atoms with van der Waals surface area (Å²) in [4.78, 5) is 0. The van der Waals surface area contributed by atoms with Crippen molar-refractivity contribution in [2.45, 2.75) is 41.5 Å². The van der Waals surface area contributed by atoms with Crippen molar-refractivity contribution in [2.24, 2.45) is 0 Å². The standard InChI is InChI=1S/C17H22O3/c1-9(2)11(5)13-7-14-17(20-8-19-14)15(16(13)18)12(6)10(3)4/h7,18H,8H2,1-6H3. The second kappa shape index (κ2) is 5.23. The zero-order chi connectivity index (χ0) is 15.0. The van der Waals surface area contributed by atoms with E-state index in [2.05, 4.69) is 0 Å².